The third-order valence-corrected chi connectivity index (χ3v) is 6.06. The lowest BCUT2D eigenvalue weighted by molar-refractivity contribution is -0.140. The molecule has 0 aliphatic rings. The van der Waals surface area contributed by atoms with E-state index in [2.05, 4.69) is 0 Å². The van der Waals surface area contributed by atoms with Crippen LogP contribution in [0.25, 0.3) is 16.6 Å². The number of benzene rings is 2. The second kappa shape index (κ2) is 9.10. The number of nitrogens with zero attached hydrogens (tertiary/aromatic N) is 3. The van der Waals surface area contributed by atoms with Gasteiger partial charge in [0, 0.05) is 12.9 Å². The molecule has 0 saturated heterocycles. The van der Waals surface area contributed by atoms with Crippen molar-refractivity contribution in [3.8, 4) is 11.4 Å². The number of amides is 1. The molecule has 7 heteroatoms. The Morgan fingerprint density at radius 2 is 1.84 bits per heavy atom. The zero-order chi connectivity index (χ0) is 22.8. The molecule has 3 aromatic rings. The van der Waals surface area contributed by atoms with Crippen molar-refractivity contribution in [2.24, 2.45) is 5.41 Å². The van der Waals surface area contributed by atoms with E-state index in [4.69, 9.17) is 21.3 Å². The number of aromatic nitrogens is 2. The molecule has 3 rings (SSSR count). The second-order valence-electron chi connectivity index (χ2n) is 8.14. The average molecular weight is 442 g/mol. The van der Waals surface area contributed by atoms with Gasteiger partial charge >= 0.3 is 0 Å². The molecule has 1 heterocycles. The molecule has 2 aromatic carbocycles. The number of halogens is 1. The zero-order valence-corrected chi connectivity index (χ0v) is 19.3. The summed E-state index contributed by atoms with van der Waals surface area (Å²) in [6.45, 7) is 7.81. The minimum atomic E-state index is -0.740. The molecule has 0 fully saturated rings. The highest BCUT2D eigenvalue weighted by Crippen LogP contribution is 2.30. The Bertz CT molecular complexity index is 1160. The van der Waals surface area contributed by atoms with Crippen molar-refractivity contribution in [3.05, 3.63) is 64.7 Å². The molecule has 31 heavy (non-hydrogen) atoms. The van der Waals surface area contributed by atoms with E-state index >= 15 is 0 Å². The zero-order valence-electron chi connectivity index (χ0n) is 18.6. The fraction of sp³-hybridized carbons (Fsp3) is 0.375. The summed E-state index contributed by atoms with van der Waals surface area (Å²) in [6, 6.07) is 14.1. The van der Waals surface area contributed by atoms with Crippen LogP contribution in [0.15, 0.2) is 53.3 Å². The lowest BCUT2D eigenvalue weighted by Crippen LogP contribution is -2.42. The van der Waals surface area contributed by atoms with Crippen molar-refractivity contribution in [3.63, 3.8) is 0 Å². The quantitative estimate of drug-likeness (QED) is 0.504. The van der Waals surface area contributed by atoms with Gasteiger partial charge < -0.3 is 9.64 Å². The maximum Gasteiger partial charge on any atom is 0.266 e. The Morgan fingerprint density at radius 3 is 2.52 bits per heavy atom. The molecule has 1 aromatic heterocycles. The fourth-order valence-electron chi connectivity index (χ4n) is 3.47. The van der Waals surface area contributed by atoms with Crippen LogP contribution in [-0.4, -0.2) is 39.9 Å². The van der Waals surface area contributed by atoms with Crippen molar-refractivity contribution in [2.75, 3.05) is 19.5 Å². The molecular formula is C24H28ClN3O3. The highest BCUT2D eigenvalue weighted by Gasteiger charge is 2.34. The number of hydrogen-bond donors (Lipinski definition) is 0. The van der Waals surface area contributed by atoms with Gasteiger partial charge in [0.05, 0.1) is 34.7 Å². The van der Waals surface area contributed by atoms with Crippen LogP contribution in [0.1, 0.15) is 39.6 Å². The Kier molecular flexibility index (Phi) is 6.70. The molecule has 0 radical (unpaired) electrons. The molecule has 0 spiro atoms. The van der Waals surface area contributed by atoms with Crippen molar-refractivity contribution in [1.82, 2.24) is 14.5 Å². The Morgan fingerprint density at radius 1 is 1.19 bits per heavy atom. The summed E-state index contributed by atoms with van der Waals surface area (Å²) < 4.78 is 7.34. The smallest absolute Gasteiger partial charge is 0.266 e. The van der Waals surface area contributed by atoms with Crippen LogP contribution >= 0.6 is 11.6 Å². The minimum absolute atomic E-state index is 0.123. The van der Waals surface area contributed by atoms with E-state index in [1.165, 1.54) is 0 Å². The third-order valence-electron chi connectivity index (χ3n) is 5.40. The minimum Gasteiger partial charge on any atom is -0.492 e. The normalized spacial score (nSPS) is 12.6. The number of carbonyl (C=O) groups excluding carboxylic acids is 1. The summed E-state index contributed by atoms with van der Waals surface area (Å²) in [4.78, 5) is 33.1. The lowest BCUT2D eigenvalue weighted by atomic mass is 9.94. The van der Waals surface area contributed by atoms with E-state index < -0.39 is 11.5 Å². The molecule has 0 saturated carbocycles. The third kappa shape index (κ3) is 4.30. The van der Waals surface area contributed by atoms with Gasteiger partial charge in [0.2, 0.25) is 5.91 Å². The molecule has 0 N–H and O–H groups in total. The SMILES string of the molecule is CCOc1ccccc1-n1c(C(C)N(C)C(=O)C(C)(C)CCl)nc2ccccc2c1=O. The fourth-order valence-corrected chi connectivity index (χ4v) is 3.58. The molecule has 6 nitrogen and oxygen atoms in total. The largest absolute Gasteiger partial charge is 0.492 e. The molecule has 1 amide bonds. The number of alkyl halides is 1. The van der Waals surface area contributed by atoms with Gasteiger partial charge in [-0.15, -0.1) is 11.6 Å². The van der Waals surface area contributed by atoms with E-state index in [-0.39, 0.29) is 17.3 Å². The first kappa shape index (κ1) is 22.8. The van der Waals surface area contributed by atoms with Gasteiger partial charge in [-0.25, -0.2) is 4.98 Å². The number of ether oxygens (including phenoxy) is 1. The van der Waals surface area contributed by atoms with Gasteiger partial charge in [0.25, 0.3) is 5.56 Å². The highest BCUT2D eigenvalue weighted by atomic mass is 35.5. The van der Waals surface area contributed by atoms with Gasteiger partial charge in [-0.05, 0) is 52.0 Å². The van der Waals surface area contributed by atoms with E-state index in [1.807, 2.05) is 50.2 Å². The van der Waals surface area contributed by atoms with Crippen LogP contribution in [0.5, 0.6) is 5.75 Å². The van der Waals surface area contributed by atoms with Crippen LogP contribution in [0.4, 0.5) is 0 Å². The van der Waals surface area contributed by atoms with Crippen molar-refractivity contribution < 1.29 is 9.53 Å². The van der Waals surface area contributed by atoms with Crippen LogP contribution in [0.2, 0.25) is 0 Å². The lowest BCUT2D eigenvalue weighted by Gasteiger charge is -2.32. The summed E-state index contributed by atoms with van der Waals surface area (Å²) in [7, 11) is 1.71. The van der Waals surface area contributed by atoms with Gasteiger partial charge in [-0.1, -0.05) is 24.3 Å². The Balaban J connectivity index is 2.28. The molecule has 1 atom stereocenters. The van der Waals surface area contributed by atoms with E-state index in [1.54, 1.807) is 42.5 Å². The summed E-state index contributed by atoms with van der Waals surface area (Å²) >= 11 is 6.03. The van der Waals surface area contributed by atoms with E-state index in [9.17, 15) is 9.59 Å². The predicted molar refractivity (Wildman–Crippen MR) is 124 cm³/mol. The molecular weight excluding hydrogens is 414 g/mol. The summed E-state index contributed by atoms with van der Waals surface area (Å²) in [5.41, 5.74) is 0.219. The summed E-state index contributed by atoms with van der Waals surface area (Å²) in [5, 5.41) is 0.500. The maximum absolute atomic E-state index is 13.6. The molecule has 0 aliphatic carbocycles. The van der Waals surface area contributed by atoms with E-state index in [0.29, 0.717) is 34.8 Å². The second-order valence-corrected chi connectivity index (χ2v) is 8.41. The van der Waals surface area contributed by atoms with Crippen LogP contribution in [0, 0.1) is 5.41 Å². The van der Waals surface area contributed by atoms with Gasteiger partial charge in [0.1, 0.15) is 11.6 Å². The van der Waals surface area contributed by atoms with Crippen LogP contribution in [0.3, 0.4) is 0 Å². The topological polar surface area (TPSA) is 64.4 Å². The monoisotopic (exact) mass is 441 g/mol. The average Bonchev–Trinajstić information content (AvgIpc) is 2.78. The maximum atomic E-state index is 13.6. The van der Waals surface area contributed by atoms with Crippen molar-refractivity contribution in [1.29, 1.82) is 0 Å². The number of rotatable bonds is 7. The van der Waals surface area contributed by atoms with Crippen LogP contribution < -0.4 is 10.3 Å². The Hall–Kier alpha value is -2.86. The first-order valence-electron chi connectivity index (χ1n) is 10.3. The number of para-hydroxylation sites is 3. The molecule has 0 bridgehead atoms. The number of carbonyl (C=O) groups is 1. The molecule has 0 aliphatic heterocycles. The predicted octanol–water partition coefficient (Wildman–Crippen LogP) is 4.57. The molecule has 164 valence electrons. The van der Waals surface area contributed by atoms with Gasteiger partial charge in [0.15, 0.2) is 0 Å². The first-order chi connectivity index (χ1) is 14.7. The van der Waals surface area contributed by atoms with Gasteiger partial charge in [-0.2, -0.15) is 0 Å². The number of hydrogen-bond acceptors (Lipinski definition) is 4. The summed E-state index contributed by atoms with van der Waals surface area (Å²) in [5.74, 6) is 1.10. The summed E-state index contributed by atoms with van der Waals surface area (Å²) in [6.07, 6.45) is 0. The highest BCUT2D eigenvalue weighted by molar-refractivity contribution is 6.19. The van der Waals surface area contributed by atoms with E-state index in [0.717, 1.165) is 0 Å². The first-order valence-corrected chi connectivity index (χ1v) is 10.8. The number of fused-ring (bicyclic) bond motifs is 1. The van der Waals surface area contributed by atoms with Crippen LogP contribution in [-0.2, 0) is 4.79 Å². The Labute approximate surface area is 187 Å². The van der Waals surface area contributed by atoms with Gasteiger partial charge in [-0.3, -0.25) is 14.2 Å². The standard InChI is InChI=1S/C24H28ClN3O3/c1-6-31-20-14-10-9-13-19(20)28-21(16(2)27(5)23(30)24(3,4)15-25)26-18-12-8-7-11-17(18)22(28)29/h7-14,16H,6,15H2,1-5H3. The molecule has 1 unspecified atom stereocenters. The van der Waals surface area contributed by atoms with Crippen molar-refractivity contribution >= 4 is 28.4 Å². The van der Waals surface area contributed by atoms with Crippen molar-refractivity contribution in [2.45, 2.75) is 33.7 Å².